The second kappa shape index (κ2) is 7.35. The Hall–Kier alpha value is -1.00. The summed E-state index contributed by atoms with van der Waals surface area (Å²) < 4.78 is 4.77. The average Bonchev–Trinajstić information content (AvgIpc) is 2.34. The van der Waals surface area contributed by atoms with Crippen molar-refractivity contribution in [3.8, 4) is 0 Å². The van der Waals surface area contributed by atoms with Gasteiger partial charge in [0, 0.05) is 18.1 Å². The lowest BCUT2D eigenvalue weighted by Gasteiger charge is -2.10. The minimum atomic E-state index is -0.256. The summed E-state index contributed by atoms with van der Waals surface area (Å²) >= 11 is 1.83. The highest BCUT2D eigenvalue weighted by molar-refractivity contribution is 7.98. The number of ether oxygens (including phenoxy) is 1. The predicted octanol–water partition coefficient (Wildman–Crippen LogP) is 2.27. The Bertz CT molecular complexity index is 366. The van der Waals surface area contributed by atoms with E-state index >= 15 is 0 Å². The molecule has 0 fully saturated rings. The highest BCUT2D eigenvalue weighted by Crippen LogP contribution is 2.17. The van der Waals surface area contributed by atoms with E-state index in [2.05, 4.69) is 19.0 Å². The fourth-order valence-electron chi connectivity index (χ4n) is 1.38. The molecule has 1 aromatic carbocycles. The molecule has 0 aliphatic rings. The van der Waals surface area contributed by atoms with Gasteiger partial charge in [-0.25, -0.2) is 4.79 Å². The Kier molecular flexibility index (Phi) is 6.08. The molecule has 0 aliphatic carbocycles. The van der Waals surface area contributed by atoms with Gasteiger partial charge in [0.1, 0.15) is 0 Å². The fourth-order valence-corrected chi connectivity index (χ4v) is 2.49. The van der Waals surface area contributed by atoms with Crippen molar-refractivity contribution in [1.29, 1.82) is 0 Å². The normalized spacial score (nSPS) is 10.6. The van der Waals surface area contributed by atoms with Crippen LogP contribution >= 0.6 is 11.8 Å². The Labute approximate surface area is 107 Å². The van der Waals surface area contributed by atoms with Gasteiger partial charge in [0.25, 0.3) is 0 Å². The molecule has 1 aromatic rings. The van der Waals surface area contributed by atoms with Gasteiger partial charge in [0.15, 0.2) is 0 Å². The van der Waals surface area contributed by atoms with E-state index in [9.17, 15) is 4.79 Å². The summed E-state index contributed by atoms with van der Waals surface area (Å²) in [5.74, 6) is 1.65. The van der Waals surface area contributed by atoms with Crippen LogP contribution in [0.4, 0.5) is 0 Å². The molecule has 4 heteroatoms. The summed E-state index contributed by atoms with van der Waals surface area (Å²) in [5.41, 5.74) is 1.72. The van der Waals surface area contributed by atoms with Crippen molar-refractivity contribution in [2.75, 3.05) is 33.5 Å². The lowest BCUT2D eigenvalue weighted by atomic mass is 10.1. The van der Waals surface area contributed by atoms with Gasteiger partial charge in [-0.3, -0.25) is 0 Å². The molecule has 0 radical (unpaired) electrons. The number of methoxy groups -OCH3 is 1. The van der Waals surface area contributed by atoms with Gasteiger partial charge >= 0.3 is 5.97 Å². The number of thioether (sulfide) groups is 1. The lowest BCUT2D eigenvalue weighted by Crippen LogP contribution is -2.15. The van der Waals surface area contributed by atoms with Crippen LogP contribution in [0.2, 0.25) is 0 Å². The van der Waals surface area contributed by atoms with Crippen molar-refractivity contribution in [2.24, 2.45) is 0 Å². The number of carbonyl (C=O) groups is 1. The van der Waals surface area contributed by atoms with Crippen LogP contribution in [-0.4, -0.2) is 44.4 Å². The van der Waals surface area contributed by atoms with Crippen molar-refractivity contribution < 1.29 is 9.53 Å². The second-order valence-electron chi connectivity index (χ2n) is 4.00. The molecule has 0 saturated heterocycles. The number of rotatable bonds is 6. The first-order chi connectivity index (χ1) is 8.15. The van der Waals surface area contributed by atoms with E-state index in [1.165, 1.54) is 7.11 Å². The number of hydrogen-bond donors (Lipinski definition) is 0. The van der Waals surface area contributed by atoms with Crippen molar-refractivity contribution in [3.05, 3.63) is 35.4 Å². The summed E-state index contributed by atoms with van der Waals surface area (Å²) in [6, 6.07) is 7.61. The Morgan fingerprint density at radius 2 is 2.06 bits per heavy atom. The third-order valence-electron chi connectivity index (χ3n) is 2.36. The zero-order valence-corrected chi connectivity index (χ0v) is 11.4. The van der Waals surface area contributed by atoms with Crippen LogP contribution in [-0.2, 0) is 10.5 Å². The molecule has 0 heterocycles. The first-order valence-corrected chi connectivity index (χ1v) is 6.69. The molecule has 0 N–H and O–H groups in total. The van der Waals surface area contributed by atoms with E-state index in [-0.39, 0.29) is 5.97 Å². The quantitative estimate of drug-likeness (QED) is 0.574. The largest absolute Gasteiger partial charge is 0.465 e. The summed E-state index contributed by atoms with van der Waals surface area (Å²) in [6.07, 6.45) is 0. The maximum atomic E-state index is 11.5. The van der Waals surface area contributed by atoms with E-state index < -0.39 is 0 Å². The van der Waals surface area contributed by atoms with Crippen LogP contribution in [0.3, 0.4) is 0 Å². The third-order valence-corrected chi connectivity index (χ3v) is 3.35. The molecule has 94 valence electrons. The zero-order valence-electron chi connectivity index (χ0n) is 10.6. The maximum absolute atomic E-state index is 11.5. The summed E-state index contributed by atoms with van der Waals surface area (Å²) in [7, 11) is 5.53. The number of esters is 1. The molecule has 0 amide bonds. The minimum Gasteiger partial charge on any atom is -0.465 e. The van der Waals surface area contributed by atoms with Gasteiger partial charge in [0.05, 0.1) is 12.7 Å². The molecule has 0 spiro atoms. The lowest BCUT2D eigenvalue weighted by molar-refractivity contribution is 0.0600. The van der Waals surface area contributed by atoms with Gasteiger partial charge < -0.3 is 9.64 Å². The molecule has 0 saturated carbocycles. The zero-order chi connectivity index (χ0) is 12.7. The Balaban J connectivity index is 2.55. The van der Waals surface area contributed by atoms with Gasteiger partial charge in [-0.1, -0.05) is 18.2 Å². The van der Waals surface area contributed by atoms with E-state index in [0.717, 1.165) is 23.6 Å². The molecule has 1 rings (SSSR count). The number of benzene rings is 1. The van der Waals surface area contributed by atoms with Gasteiger partial charge in [-0.15, -0.1) is 0 Å². The van der Waals surface area contributed by atoms with Crippen molar-refractivity contribution >= 4 is 17.7 Å². The van der Waals surface area contributed by atoms with Gasteiger partial charge in [-0.05, 0) is 25.7 Å². The molecule has 0 atom stereocenters. The molecule has 0 aromatic heterocycles. The number of carbonyl (C=O) groups excluding carboxylic acids is 1. The molecule has 3 nitrogen and oxygen atoms in total. The predicted molar refractivity (Wildman–Crippen MR) is 72.5 cm³/mol. The summed E-state index contributed by atoms with van der Waals surface area (Å²) in [4.78, 5) is 13.7. The van der Waals surface area contributed by atoms with Crippen LogP contribution < -0.4 is 0 Å². The molecular weight excluding hydrogens is 234 g/mol. The average molecular weight is 253 g/mol. The van der Waals surface area contributed by atoms with Crippen LogP contribution in [0, 0.1) is 0 Å². The number of nitrogens with zero attached hydrogens (tertiary/aromatic N) is 1. The van der Waals surface area contributed by atoms with Crippen LogP contribution in [0.15, 0.2) is 24.3 Å². The van der Waals surface area contributed by atoms with E-state index in [1.807, 2.05) is 36.0 Å². The van der Waals surface area contributed by atoms with Crippen LogP contribution in [0.25, 0.3) is 0 Å². The Morgan fingerprint density at radius 3 is 2.71 bits per heavy atom. The van der Waals surface area contributed by atoms with Crippen molar-refractivity contribution in [3.63, 3.8) is 0 Å². The van der Waals surface area contributed by atoms with Gasteiger partial charge in [0.2, 0.25) is 0 Å². The smallest absolute Gasteiger partial charge is 0.338 e. The highest BCUT2D eigenvalue weighted by Gasteiger charge is 2.10. The number of hydrogen-bond acceptors (Lipinski definition) is 4. The SMILES string of the molecule is COC(=O)c1ccccc1CSCCN(C)C. The third kappa shape index (κ3) is 4.79. The Morgan fingerprint density at radius 1 is 1.35 bits per heavy atom. The summed E-state index contributed by atoms with van der Waals surface area (Å²) in [6.45, 7) is 1.05. The highest BCUT2D eigenvalue weighted by atomic mass is 32.2. The molecular formula is C13H19NO2S. The van der Waals surface area contributed by atoms with Crippen molar-refractivity contribution in [2.45, 2.75) is 5.75 Å². The van der Waals surface area contributed by atoms with Crippen molar-refractivity contribution in [1.82, 2.24) is 4.90 Å². The standard InChI is InChI=1S/C13H19NO2S/c1-14(2)8-9-17-10-11-6-4-5-7-12(11)13(15)16-3/h4-7H,8-10H2,1-3H3. The van der Waals surface area contributed by atoms with Crippen LogP contribution in [0.5, 0.6) is 0 Å². The molecule has 0 bridgehead atoms. The minimum absolute atomic E-state index is 0.256. The first-order valence-electron chi connectivity index (χ1n) is 5.54. The molecule has 0 aliphatic heterocycles. The topological polar surface area (TPSA) is 29.5 Å². The molecule has 0 unspecified atom stereocenters. The fraction of sp³-hybridized carbons (Fsp3) is 0.462. The first kappa shape index (κ1) is 14.1. The van der Waals surface area contributed by atoms with E-state index in [0.29, 0.717) is 5.56 Å². The second-order valence-corrected chi connectivity index (χ2v) is 5.11. The van der Waals surface area contributed by atoms with E-state index in [1.54, 1.807) is 0 Å². The van der Waals surface area contributed by atoms with Crippen LogP contribution in [0.1, 0.15) is 15.9 Å². The molecule has 17 heavy (non-hydrogen) atoms. The van der Waals surface area contributed by atoms with E-state index in [4.69, 9.17) is 4.74 Å². The summed E-state index contributed by atoms with van der Waals surface area (Å²) in [5, 5.41) is 0. The van der Waals surface area contributed by atoms with Gasteiger partial charge in [-0.2, -0.15) is 11.8 Å². The monoisotopic (exact) mass is 253 g/mol. The maximum Gasteiger partial charge on any atom is 0.338 e.